The number of carbonyl (C=O) groups excluding carboxylic acids is 3. The van der Waals surface area contributed by atoms with E-state index in [1.807, 2.05) is 5.32 Å². The molecule has 0 aliphatic rings. The third-order valence-corrected chi connectivity index (χ3v) is 5.41. The number of sulfonamides is 1. The molecule has 2 rings (SSSR count). The highest BCUT2D eigenvalue weighted by atomic mass is 35.5. The summed E-state index contributed by atoms with van der Waals surface area (Å²) >= 11 is 5.88. The second-order valence-electron chi connectivity index (χ2n) is 5.71. The predicted molar refractivity (Wildman–Crippen MR) is 104 cm³/mol. The van der Waals surface area contributed by atoms with Crippen molar-refractivity contribution in [2.45, 2.75) is 11.5 Å². The van der Waals surface area contributed by atoms with Crippen LogP contribution in [0.15, 0.2) is 47.4 Å². The van der Waals surface area contributed by atoms with Gasteiger partial charge in [0.05, 0.1) is 15.5 Å². The summed E-state index contributed by atoms with van der Waals surface area (Å²) in [5.41, 5.74) is -0.332. The molecule has 9 nitrogen and oxygen atoms in total. The van der Waals surface area contributed by atoms with Crippen LogP contribution in [-0.4, -0.2) is 46.5 Å². The van der Waals surface area contributed by atoms with Crippen molar-refractivity contribution in [1.82, 2.24) is 10.0 Å². The van der Waals surface area contributed by atoms with Gasteiger partial charge in [0.2, 0.25) is 10.0 Å². The molecule has 0 aromatic heterocycles. The summed E-state index contributed by atoms with van der Waals surface area (Å²) in [5.74, 6) is -3.12. The lowest BCUT2D eigenvalue weighted by Crippen LogP contribution is -2.34. The third kappa shape index (κ3) is 6.70. The van der Waals surface area contributed by atoms with Crippen molar-refractivity contribution in [3.63, 3.8) is 0 Å². The number of benzene rings is 2. The van der Waals surface area contributed by atoms with Crippen molar-refractivity contribution in [1.29, 1.82) is 0 Å². The van der Waals surface area contributed by atoms with E-state index in [2.05, 4.69) is 9.46 Å². The first-order valence-corrected chi connectivity index (χ1v) is 10.2. The minimum Gasteiger partial charge on any atom is -0.452 e. The van der Waals surface area contributed by atoms with E-state index >= 15 is 0 Å². The Labute approximate surface area is 180 Å². The largest absolute Gasteiger partial charge is 0.452 e. The van der Waals surface area contributed by atoms with Crippen LogP contribution in [0.3, 0.4) is 0 Å². The van der Waals surface area contributed by atoms with Gasteiger partial charge in [0.15, 0.2) is 6.61 Å². The summed E-state index contributed by atoms with van der Waals surface area (Å²) in [5, 5.41) is 1.83. The lowest BCUT2D eigenvalue weighted by molar-refractivity contribution is -0.123. The Morgan fingerprint density at radius 2 is 1.74 bits per heavy atom. The molecule has 13 heteroatoms. The smallest absolute Gasteiger partial charge is 0.387 e. The molecule has 0 saturated carbocycles. The SMILES string of the molecule is CNS(=O)(=O)c1ccc(Cl)c(C(=O)OCC(=O)NC(=O)c2ccc(OC(F)F)cc2)c1. The normalized spacial score (nSPS) is 11.1. The van der Waals surface area contributed by atoms with E-state index in [4.69, 9.17) is 16.3 Å². The van der Waals surface area contributed by atoms with Crippen LogP contribution >= 0.6 is 11.6 Å². The molecule has 2 aromatic carbocycles. The van der Waals surface area contributed by atoms with Crippen molar-refractivity contribution >= 4 is 39.4 Å². The first-order chi connectivity index (χ1) is 14.5. The van der Waals surface area contributed by atoms with Crippen LogP contribution in [0.25, 0.3) is 0 Å². The van der Waals surface area contributed by atoms with Gasteiger partial charge in [0.1, 0.15) is 5.75 Å². The Balaban J connectivity index is 1.97. The molecule has 166 valence electrons. The fourth-order valence-corrected chi connectivity index (χ4v) is 3.13. The van der Waals surface area contributed by atoms with Crippen molar-refractivity contribution in [2.75, 3.05) is 13.7 Å². The third-order valence-electron chi connectivity index (χ3n) is 3.67. The zero-order chi connectivity index (χ0) is 23.2. The molecule has 0 bridgehead atoms. The number of hydrogen-bond acceptors (Lipinski definition) is 7. The van der Waals surface area contributed by atoms with Gasteiger partial charge in [-0.05, 0) is 49.5 Å². The first kappa shape index (κ1) is 24.2. The molecule has 0 atom stereocenters. The second-order valence-corrected chi connectivity index (χ2v) is 8.00. The average molecular weight is 477 g/mol. The molecular weight excluding hydrogens is 462 g/mol. The number of carbonyl (C=O) groups is 3. The molecule has 2 aromatic rings. The first-order valence-electron chi connectivity index (χ1n) is 8.32. The highest BCUT2D eigenvalue weighted by Crippen LogP contribution is 2.21. The highest BCUT2D eigenvalue weighted by Gasteiger charge is 2.20. The highest BCUT2D eigenvalue weighted by molar-refractivity contribution is 7.89. The quantitative estimate of drug-likeness (QED) is 0.557. The van der Waals surface area contributed by atoms with Gasteiger partial charge >= 0.3 is 12.6 Å². The lowest BCUT2D eigenvalue weighted by atomic mass is 10.2. The Bertz CT molecular complexity index is 1090. The average Bonchev–Trinajstić information content (AvgIpc) is 2.72. The van der Waals surface area contributed by atoms with Gasteiger partial charge in [-0.3, -0.25) is 14.9 Å². The second kappa shape index (κ2) is 10.3. The molecule has 0 heterocycles. The van der Waals surface area contributed by atoms with E-state index < -0.39 is 41.0 Å². The molecule has 0 aliphatic carbocycles. The number of amides is 2. The number of hydrogen-bond donors (Lipinski definition) is 2. The van der Waals surface area contributed by atoms with Gasteiger partial charge in [0.25, 0.3) is 11.8 Å². The zero-order valence-corrected chi connectivity index (χ0v) is 17.3. The molecule has 0 unspecified atom stereocenters. The van der Waals surface area contributed by atoms with Crippen LogP contribution < -0.4 is 14.8 Å². The standard InChI is InChI=1S/C18H15ClF2N2O7S/c1-22-31(27,28)12-6-7-14(19)13(8-12)17(26)29-9-15(24)23-16(25)10-2-4-11(5-3-10)30-18(20)21/h2-8,18,22H,9H2,1H3,(H,23,24,25). The van der Waals surface area contributed by atoms with Gasteiger partial charge in [-0.15, -0.1) is 0 Å². The molecule has 2 amide bonds. The van der Waals surface area contributed by atoms with E-state index in [0.29, 0.717) is 0 Å². The molecule has 2 N–H and O–H groups in total. The van der Waals surface area contributed by atoms with Crippen molar-refractivity contribution < 1.29 is 41.1 Å². The maximum atomic E-state index is 12.2. The molecule has 0 spiro atoms. The van der Waals surface area contributed by atoms with Crippen molar-refractivity contribution in [3.05, 3.63) is 58.6 Å². The van der Waals surface area contributed by atoms with E-state index in [-0.39, 0.29) is 26.8 Å². The number of ether oxygens (including phenoxy) is 2. The van der Waals surface area contributed by atoms with E-state index in [1.54, 1.807) is 0 Å². The summed E-state index contributed by atoms with van der Waals surface area (Å²) in [7, 11) is -2.67. The Morgan fingerprint density at radius 3 is 2.32 bits per heavy atom. The predicted octanol–water partition coefficient (Wildman–Crippen LogP) is 1.96. The lowest BCUT2D eigenvalue weighted by Gasteiger charge is -2.09. The molecule has 0 fully saturated rings. The van der Waals surface area contributed by atoms with Crippen molar-refractivity contribution in [3.8, 4) is 5.75 Å². The Hall–Kier alpha value is -3.09. The fourth-order valence-electron chi connectivity index (χ4n) is 2.18. The summed E-state index contributed by atoms with van der Waals surface area (Å²) in [6.45, 7) is -3.89. The van der Waals surface area contributed by atoms with Gasteiger partial charge in [0, 0.05) is 5.56 Å². The minimum absolute atomic E-state index is 0.0330. The van der Waals surface area contributed by atoms with Crippen LogP contribution in [-0.2, 0) is 19.6 Å². The van der Waals surface area contributed by atoms with E-state index in [1.165, 1.54) is 19.2 Å². The molecule has 0 saturated heterocycles. The molecule has 0 aliphatic heterocycles. The summed E-state index contributed by atoms with van der Waals surface area (Å²) in [6.07, 6.45) is 0. The Kier molecular flexibility index (Phi) is 8.02. The summed E-state index contributed by atoms with van der Waals surface area (Å²) in [4.78, 5) is 35.8. The number of halogens is 3. The minimum atomic E-state index is -3.85. The molecular formula is C18H15ClF2N2O7S. The zero-order valence-electron chi connectivity index (χ0n) is 15.7. The van der Waals surface area contributed by atoms with Gasteiger partial charge in [-0.2, -0.15) is 8.78 Å². The molecule has 31 heavy (non-hydrogen) atoms. The number of rotatable bonds is 8. The monoisotopic (exact) mass is 476 g/mol. The number of imide groups is 1. The van der Waals surface area contributed by atoms with Gasteiger partial charge < -0.3 is 9.47 Å². The number of esters is 1. The van der Waals surface area contributed by atoms with Crippen LogP contribution in [0.1, 0.15) is 20.7 Å². The van der Waals surface area contributed by atoms with Gasteiger partial charge in [-0.25, -0.2) is 17.9 Å². The maximum absolute atomic E-state index is 12.2. The number of nitrogens with one attached hydrogen (secondary N) is 2. The summed E-state index contributed by atoms with van der Waals surface area (Å²) < 4.78 is 58.9. The number of alkyl halides is 2. The summed E-state index contributed by atoms with van der Waals surface area (Å²) in [6, 6.07) is 7.85. The molecule has 0 radical (unpaired) electrons. The Morgan fingerprint density at radius 1 is 1.10 bits per heavy atom. The fraction of sp³-hybridized carbons (Fsp3) is 0.167. The van der Waals surface area contributed by atoms with Gasteiger partial charge in [-0.1, -0.05) is 11.6 Å². The maximum Gasteiger partial charge on any atom is 0.387 e. The van der Waals surface area contributed by atoms with E-state index in [9.17, 15) is 31.6 Å². The van der Waals surface area contributed by atoms with Crippen LogP contribution in [0.4, 0.5) is 8.78 Å². The van der Waals surface area contributed by atoms with Crippen molar-refractivity contribution in [2.24, 2.45) is 0 Å². The van der Waals surface area contributed by atoms with Crippen LogP contribution in [0.5, 0.6) is 5.75 Å². The van der Waals surface area contributed by atoms with E-state index in [0.717, 1.165) is 30.3 Å². The van der Waals surface area contributed by atoms with Crippen LogP contribution in [0, 0.1) is 0 Å². The topological polar surface area (TPSA) is 128 Å². The van der Waals surface area contributed by atoms with Crippen LogP contribution in [0.2, 0.25) is 5.02 Å².